The molecule has 4 aromatic rings. The number of thioether (sulfide) groups is 1. The molecule has 0 aliphatic carbocycles. The predicted molar refractivity (Wildman–Crippen MR) is 140 cm³/mol. The number of nitrogens with zero attached hydrogens (tertiary/aromatic N) is 2. The molecule has 7 nitrogen and oxygen atoms in total. The molecule has 5 rings (SSSR count). The first-order valence-corrected chi connectivity index (χ1v) is 12.6. The number of hydrogen-bond donors (Lipinski definition) is 1. The second-order valence-corrected chi connectivity index (χ2v) is 9.01. The molecular formula is C28H25N3O4S. The number of methoxy groups -OCH3 is 1. The van der Waals surface area contributed by atoms with Gasteiger partial charge in [0.1, 0.15) is 22.3 Å². The van der Waals surface area contributed by atoms with Crippen molar-refractivity contribution in [2.75, 3.05) is 24.8 Å². The van der Waals surface area contributed by atoms with Crippen LogP contribution < -0.4 is 19.5 Å². The van der Waals surface area contributed by atoms with Crippen LogP contribution in [0.15, 0.2) is 77.8 Å². The normalized spacial score (nSPS) is 11.6. The van der Waals surface area contributed by atoms with E-state index in [1.807, 2.05) is 73.7 Å². The Kier molecular flexibility index (Phi) is 7.04. The molecule has 36 heavy (non-hydrogen) atoms. The molecular weight excluding hydrogens is 474 g/mol. The molecule has 0 bridgehead atoms. The van der Waals surface area contributed by atoms with Gasteiger partial charge in [0.2, 0.25) is 11.8 Å². The van der Waals surface area contributed by atoms with Crippen LogP contribution in [0.2, 0.25) is 0 Å². The van der Waals surface area contributed by atoms with Gasteiger partial charge in [-0.1, -0.05) is 36.0 Å². The van der Waals surface area contributed by atoms with Crippen LogP contribution in [0, 0.1) is 0 Å². The number of benzene rings is 3. The van der Waals surface area contributed by atoms with Crippen molar-refractivity contribution in [3.63, 3.8) is 0 Å². The van der Waals surface area contributed by atoms with E-state index in [0.717, 1.165) is 33.2 Å². The van der Waals surface area contributed by atoms with Gasteiger partial charge in [0.25, 0.3) is 0 Å². The Bertz CT molecular complexity index is 1390. The maximum atomic E-state index is 12.7. The Labute approximate surface area is 213 Å². The first-order chi connectivity index (χ1) is 17.6. The van der Waals surface area contributed by atoms with E-state index in [4.69, 9.17) is 24.2 Å². The van der Waals surface area contributed by atoms with Gasteiger partial charge < -0.3 is 19.5 Å². The van der Waals surface area contributed by atoms with Crippen LogP contribution in [0.5, 0.6) is 23.1 Å². The summed E-state index contributed by atoms with van der Waals surface area (Å²) in [4.78, 5) is 22.3. The van der Waals surface area contributed by atoms with Gasteiger partial charge in [-0.3, -0.25) is 4.79 Å². The summed E-state index contributed by atoms with van der Waals surface area (Å²) < 4.78 is 17.0. The van der Waals surface area contributed by atoms with E-state index in [1.165, 1.54) is 11.8 Å². The van der Waals surface area contributed by atoms with Crippen molar-refractivity contribution in [3.05, 3.63) is 83.9 Å². The van der Waals surface area contributed by atoms with E-state index in [-0.39, 0.29) is 11.7 Å². The number of hydrogen-bond acceptors (Lipinski definition) is 7. The van der Waals surface area contributed by atoms with Crippen LogP contribution in [0.4, 0.5) is 5.69 Å². The minimum absolute atomic E-state index is 0.139. The van der Waals surface area contributed by atoms with E-state index in [9.17, 15) is 4.79 Å². The molecule has 1 aliphatic rings. The fourth-order valence-corrected chi connectivity index (χ4v) is 4.70. The SMILES string of the molecule is CCOc1ccc(-c2nc3c(c(SCC(=O)Nc4cccc(OC)c4)n2)Cc2ccccc2O3)cc1. The van der Waals surface area contributed by atoms with Gasteiger partial charge in [-0.05, 0) is 55.0 Å². The molecule has 8 heteroatoms. The smallest absolute Gasteiger partial charge is 0.234 e. The highest BCUT2D eigenvalue weighted by Crippen LogP contribution is 2.40. The molecule has 1 amide bonds. The number of aromatic nitrogens is 2. The molecule has 182 valence electrons. The maximum absolute atomic E-state index is 12.7. The number of nitrogens with one attached hydrogen (secondary N) is 1. The lowest BCUT2D eigenvalue weighted by molar-refractivity contribution is -0.113. The van der Waals surface area contributed by atoms with Gasteiger partial charge in [0.05, 0.1) is 25.0 Å². The van der Waals surface area contributed by atoms with Gasteiger partial charge in [0.15, 0.2) is 5.82 Å². The summed E-state index contributed by atoms with van der Waals surface area (Å²) in [5.74, 6) is 3.35. The first-order valence-electron chi connectivity index (χ1n) is 11.6. The predicted octanol–water partition coefficient (Wildman–Crippen LogP) is 5.98. The number of ether oxygens (including phenoxy) is 3. The zero-order valence-electron chi connectivity index (χ0n) is 20.0. The number of carbonyl (C=O) groups excluding carboxylic acids is 1. The maximum Gasteiger partial charge on any atom is 0.234 e. The van der Waals surface area contributed by atoms with Crippen LogP contribution in [0.25, 0.3) is 11.4 Å². The highest BCUT2D eigenvalue weighted by molar-refractivity contribution is 8.00. The minimum Gasteiger partial charge on any atom is -0.497 e. The van der Waals surface area contributed by atoms with Gasteiger partial charge in [-0.15, -0.1) is 0 Å². The van der Waals surface area contributed by atoms with Crippen LogP contribution in [0.3, 0.4) is 0 Å². The van der Waals surface area contributed by atoms with E-state index in [2.05, 4.69) is 5.32 Å². The van der Waals surface area contributed by atoms with Gasteiger partial charge in [-0.2, -0.15) is 4.98 Å². The van der Waals surface area contributed by atoms with Crippen LogP contribution >= 0.6 is 11.8 Å². The number of amides is 1. The summed E-state index contributed by atoms with van der Waals surface area (Å²) in [6.07, 6.45) is 0.634. The molecule has 1 N–H and O–H groups in total. The van der Waals surface area contributed by atoms with Crippen molar-refractivity contribution >= 4 is 23.4 Å². The number of fused-ring (bicyclic) bond motifs is 2. The van der Waals surface area contributed by atoms with E-state index >= 15 is 0 Å². The zero-order valence-corrected chi connectivity index (χ0v) is 20.8. The van der Waals surface area contributed by atoms with E-state index < -0.39 is 0 Å². The van der Waals surface area contributed by atoms with Gasteiger partial charge >= 0.3 is 0 Å². The number of carbonyl (C=O) groups is 1. The summed E-state index contributed by atoms with van der Waals surface area (Å²) >= 11 is 1.37. The lowest BCUT2D eigenvalue weighted by atomic mass is 10.0. The number of anilines is 1. The fraction of sp³-hybridized carbons (Fsp3) is 0.179. The summed E-state index contributed by atoms with van der Waals surface area (Å²) in [6.45, 7) is 2.55. The zero-order chi connectivity index (χ0) is 24.9. The average molecular weight is 500 g/mol. The molecule has 3 aromatic carbocycles. The van der Waals surface area contributed by atoms with Crippen LogP contribution in [-0.2, 0) is 11.2 Å². The van der Waals surface area contributed by atoms with Crippen LogP contribution in [0.1, 0.15) is 18.1 Å². The molecule has 0 spiro atoms. The molecule has 1 aromatic heterocycles. The summed E-state index contributed by atoms with van der Waals surface area (Å²) in [5.41, 5.74) is 3.45. The van der Waals surface area contributed by atoms with Crippen molar-refractivity contribution < 1.29 is 19.0 Å². The van der Waals surface area contributed by atoms with Crippen LogP contribution in [-0.4, -0.2) is 35.3 Å². The highest BCUT2D eigenvalue weighted by Gasteiger charge is 2.24. The molecule has 0 fully saturated rings. The van der Waals surface area contributed by atoms with Crippen molar-refractivity contribution in [1.29, 1.82) is 0 Å². The lowest BCUT2D eigenvalue weighted by Gasteiger charge is -2.21. The Morgan fingerprint density at radius 3 is 2.67 bits per heavy atom. The van der Waals surface area contributed by atoms with Crippen molar-refractivity contribution in [3.8, 4) is 34.5 Å². The molecule has 0 atom stereocenters. The Balaban J connectivity index is 1.41. The fourth-order valence-electron chi connectivity index (χ4n) is 3.87. The molecule has 0 radical (unpaired) electrons. The summed E-state index contributed by atoms with van der Waals surface area (Å²) in [5, 5.41) is 3.64. The Morgan fingerprint density at radius 2 is 1.86 bits per heavy atom. The van der Waals surface area contributed by atoms with Crippen molar-refractivity contribution in [2.45, 2.75) is 18.4 Å². The van der Waals surface area contributed by atoms with Gasteiger partial charge in [-0.25, -0.2) is 4.98 Å². The summed E-state index contributed by atoms with van der Waals surface area (Å²) in [7, 11) is 1.59. The standard InChI is InChI=1S/C28H25N3O4S/c1-3-34-21-13-11-18(12-14-21)26-30-27-23(15-19-7-4-5-10-24(19)35-27)28(31-26)36-17-25(32)29-20-8-6-9-22(16-20)33-2/h4-14,16H,3,15,17H2,1-2H3,(H,29,32). The molecule has 0 saturated heterocycles. The number of rotatable bonds is 8. The monoisotopic (exact) mass is 499 g/mol. The van der Waals surface area contributed by atoms with E-state index in [0.29, 0.717) is 36.2 Å². The van der Waals surface area contributed by atoms with Gasteiger partial charge in [0, 0.05) is 23.7 Å². The Morgan fingerprint density at radius 1 is 1.03 bits per heavy atom. The minimum atomic E-state index is -0.139. The second kappa shape index (κ2) is 10.7. The second-order valence-electron chi connectivity index (χ2n) is 8.05. The highest BCUT2D eigenvalue weighted by atomic mass is 32.2. The number of para-hydroxylation sites is 1. The third-order valence-electron chi connectivity index (χ3n) is 5.59. The molecule has 1 aliphatic heterocycles. The van der Waals surface area contributed by atoms with Crippen molar-refractivity contribution in [1.82, 2.24) is 9.97 Å². The quantitative estimate of drug-likeness (QED) is 0.208. The summed E-state index contributed by atoms with van der Waals surface area (Å²) in [6, 6.07) is 22.8. The molecule has 0 unspecified atom stereocenters. The average Bonchev–Trinajstić information content (AvgIpc) is 2.91. The largest absolute Gasteiger partial charge is 0.497 e. The van der Waals surface area contributed by atoms with Crippen molar-refractivity contribution in [2.24, 2.45) is 0 Å². The molecule has 2 heterocycles. The van der Waals surface area contributed by atoms with E-state index in [1.54, 1.807) is 13.2 Å². The third kappa shape index (κ3) is 5.28. The topological polar surface area (TPSA) is 82.6 Å². The first kappa shape index (κ1) is 23.7. The Hall–Kier alpha value is -4.04. The lowest BCUT2D eigenvalue weighted by Crippen LogP contribution is -2.15. The molecule has 0 saturated carbocycles. The third-order valence-corrected chi connectivity index (χ3v) is 6.61.